The summed E-state index contributed by atoms with van der Waals surface area (Å²) in [5, 5.41) is 25.5. The highest BCUT2D eigenvalue weighted by Crippen LogP contribution is 2.32. The summed E-state index contributed by atoms with van der Waals surface area (Å²) in [5.41, 5.74) is 6.87. The van der Waals surface area contributed by atoms with Gasteiger partial charge in [0.05, 0.1) is 16.9 Å². The summed E-state index contributed by atoms with van der Waals surface area (Å²) in [4.78, 5) is 16.3. The van der Waals surface area contributed by atoms with Crippen LogP contribution in [-0.2, 0) is 16.1 Å². The van der Waals surface area contributed by atoms with Gasteiger partial charge in [-0.15, -0.1) is 0 Å². The molecule has 3 N–H and O–H groups in total. The largest absolute Gasteiger partial charge is 0.383 e. The number of pyridine rings is 1. The molecule has 2 aromatic rings. The number of carbonyl (C=O) groups excluding carboxylic acids is 1. The number of ether oxygens (including phenoxy) is 1. The van der Waals surface area contributed by atoms with Gasteiger partial charge in [-0.2, -0.15) is 10.5 Å². The minimum atomic E-state index is -0.361. The zero-order chi connectivity index (χ0) is 20.7. The molecular formula is C17H20N7O3S+. The van der Waals surface area contributed by atoms with Gasteiger partial charge in [-0.25, -0.2) is 4.98 Å². The minimum absolute atomic E-state index is 0.0245. The molecule has 0 spiro atoms. The van der Waals surface area contributed by atoms with Crippen LogP contribution in [0.3, 0.4) is 0 Å². The van der Waals surface area contributed by atoms with Crippen LogP contribution in [0.5, 0.6) is 0 Å². The van der Waals surface area contributed by atoms with Crippen LogP contribution in [-0.4, -0.2) is 35.6 Å². The van der Waals surface area contributed by atoms with Crippen molar-refractivity contribution in [1.29, 1.82) is 10.5 Å². The molecule has 0 unspecified atom stereocenters. The number of amides is 1. The number of thioether (sulfide) groups is 1. The van der Waals surface area contributed by atoms with Crippen molar-refractivity contribution in [2.45, 2.75) is 31.3 Å². The third-order valence-corrected chi connectivity index (χ3v) is 4.64. The lowest BCUT2D eigenvalue weighted by Crippen LogP contribution is -2.36. The zero-order valence-electron chi connectivity index (χ0n) is 15.7. The summed E-state index contributed by atoms with van der Waals surface area (Å²) >= 11 is 1.06. The monoisotopic (exact) mass is 402 g/mol. The molecule has 0 bridgehead atoms. The van der Waals surface area contributed by atoms with Crippen molar-refractivity contribution in [1.82, 2.24) is 10.3 Å². The summed E-state index contributed by atoms with van der Waals surface area (Å²) in [6.45, 7) is 4.67. The molecule has 0 aliphatic carbocycles. The number of rotatable bonds is 8. The van der Waals surface area contributed by atoms with Gasteiger partial charge in [0.15, 0.2) is 0 Å². The fourth-order valence-corrected chi connectivity index (χ4v) is 3.24. The number of aromatic nitrogens is 3. The van der Waals surface area contributed by atoms with E-state index in [0.29, 0.717) is 23.7 Å². The predicted molar refractivity (Wildman–Crippen MR) is 100 cm³/mol. The Morgan fingerprint density at radius 3 is 2.75 bits per heavy atom. The van der Waals surface area contributed by atoms with Gasteiger partial charge in [-0.05, 0) is 16.2 Å². The Hall–Kier alpha value is -3.15. The molecule has 0 aliphatic heterocycles. The van der Waals surface area contributed by atoms with E-state index in [1.165, 1.54) is 10.9 Å². The molecule has 0 aliphatic rings. The molecule has 1 amide bonds. The molecule has 2 rings (SSSR count). The number of hydrogen-bond acceptors (Lipinski definition) is 9. The average molecular weight is 402 g/mol. The molecule has 0 saturated carbocycles. The van der Waals surface area contributed by atoms with Gasteiger partial charge in [-0.1, -0.05) is 25.6 Å². The number of anilines is 2. The fraction of sp³-hybridized carbons (Fsp3) is 0.412. The van der Waals surface area contributed by atoms with Gasteiger partial charge in [0, 0.05) is 7.11 Å². The van der Waals surface area contributed by atoms with Gasteiger partial charge in [0.1, 0.15) is 29.6 Å². The van der Waals surface area contributed by atoms with Crippen molar-refractivity contribution in [2.24, 2.45) is 0 Å². The molecule has 11 heteroatoms. The van der Waals surface area contributed by atoms with Crippen LogP contribution in [0.2, 0.25) is 0 Å². The highest BCUT2D eigenvalue weighted by Gasteiger charge is 2.22. The number of nitriles is 2. The molecule has 146 valence electrons. The smallest absolute Gasteiger partial charge is 0.302 e. The van der Waals surface area contributed by atoms with Crippen LogP contribution < -0.4 is 15.7 Å². The molecule has 0 saturated heterocycles. The Morgan fingerprint density at radius 1 is 1.43 bits per heavy atom. The summed E-state index contributed by atoms with van der Waals surface area (Å²) < 4.78 is 11.5. The standard InChI is InChI=1S/C17H19N7O3S/c1-10(2)15-11(6-18)16(20)22-17(12(15)7-19)28-9-13(25)21-14-8-24(23-27-14)4-5-26-3/h8,10H,4-5,9H2,1-3H3,(H2-,20,21,22,23,25)/p+1. The lowest BCUT2D eigenvalue weighted by atomic mass is 9.94. The quantitative estimate of drug-likeness (QED) is 0.489. The molecule has 0 fully saturated rings. The van der Waals surface area contributed by atoms with E-state index in [2.05, 4.69) is 21.6 Å². The summed E-state index contributed by atoms with van der Waals surface area (Å²) in [7, 11) is 1.57. The molecule has 0 radical (unpaired) electrons. The van der Waals surface area contributed by atoms with Crippen LogP contribution in [0.1, 0.15) is 36.5 Å². The van der Waals surface area contributed by atoms with E-state index < -0.39 is 0 Å². The number of carbonyl (C=O) groups is 1. The average Bonchev–Trinajstić information content (AvgIpc) is 3.10. The summed E-state index contributed by atoms with van der Waals surface area (Å²) in [5.74, 6) is -0.247. The first-order valence-electron chi connectivity index (χ1n) is 8.32. The fourth-order valence-electron chi connectivity index (χ4n) is 2.44. The lowest BCUT2D eigenvalue weighted by Gasteiger charge is -2.14. The van der Waals surface area contributed by atoms with Crippen LogP contribution in [0.25, 0.3) is 0 Å². The molecule has 0 aromatic carbocycles. The maximum atomic E-state index is 12.2. The van der Waals surface area contributed by atoms with Gasteiger partial charge in [-0.3, -0.25) is 14.6 Å². The molecule has 2 aromatic heterocycles. The number of nitrogen functional groups attached to an aromatic ring is 1. The molecular weight excluding hydrogens is 382 g/mol. The first kappa shape index (κ1) is 21.2. The topological polar surface area (TPSA) is 155 Å². The third-order valence-electron chi connectivity index (χ3n) is 3.67. The van der Waals surface area contributed by atoms with Crippen molar-refractivity contribution in [3.05, 3.63) is 22.9 Å². The van der Waals surface area contributed by atoms with Crippen molar-refractivity contribution < 1.29 is 18.7 Å². The Bertz CT molecular complexity index is 943. The van der Waals surface area contributed by atoms with Crippen molar-refractivity contribution >= 4 is 29.4 Å². The van der Waals surface area contributed by atoms with Crippen LogP contribution >= 0.6 is 11.8 Å². The van der Waals surface area contributed by atoms with Gasteiger partial charge >= 0.3 is 5.88 Å². The zero-order valence-corrected chi connectivity index (χ0v) is 16.5. The van der Waals surface area contributed by atoms with Crippen molar-refractivity contribution in [3.63, 3.8) is 0 Å². The first-order valence-corrected chi connectivity index (χ1v) is 9.31. The van der Waals surface area contributed by atoms with Crippen molar-refractivity contribution in [3.8, 4) is 12.1 Å². The van der Waals surface area contributed by atoms with E-state index in [1.807, 2.05) is 19.9 Å². The second-order valence-corrected chi connectivity index (χ2v) is 6.97. The Labute approximate surface area is 166 Å². The Kier molecular flexibility index (Phi) is 7.32. The van der Waals surface area contributed by atoms with E-state index in [9.17, 15) is 15.3 Å². The second-order valence-electron chi connectivity index (χ2n) is 6.00. The van der Waals surface area contributed by atoms with Gasteiger partial charge in [0.2, 0.25) is 17.7 Å². The minimum Gasteiger partial charge on any atom is -0.383 e. The molecule has 28 heavy (non-hydrogen) atoms. The lowest BCUT2D eigenvalue weighted by molar-refractivity contribution is -0.763. The SMILES string of the molecule is COCC[n+]1cc(NC(=O)CSc2nc(N)c(C#N)c(C(C)C)c2C#N)on1. The van der Waals surface area contributed by atoms with Gasteiger partial charge < -0.3 is 10.5 Å². The summed E-state index contributed by atoms with van der Waals surface area (Å²) in [6, 6.07) is 4.08. The van der Waals surface area contributed by atoms with Crippen molar-refractivity contribution in [2.75, 3.05) is 30.5 Å². The first-order chi connectivity index (χ1) is 13.4. The van der Waals surface area contributed by atoms with E-state index in [1.54, 1.807) is 7.11 Å². The highest BCUT2D eigenvalue weighted by molar-refractivity contribution is 8.00. The Balaban J connectivity index is 2.12. The highest BCUT2D eigenvalue weighted by atomic mass is 32.2. The van der Waals surface area contributed by atoms with Crippen LogP contribution in [0, 0.1) is 22.7 Å². The van der Waals surface area contributed by atoms with E-state index in [0.717, 1.165) is 11.8 Å². The van der Waals surface area contributed by atoms with Crippen LogP contribution in [0.4, 0.5) is 11.7 Å². The number of nitrogens with one attached hydrogen (secondary N) is 1. The predicted octanol–water partition coefficient (Wildman–Crippen LogP) is 1.18. The maximum Gasteiger partial charge on any atom is 0.302 e. The second kappa shape index (κ2) is 9.69. The molecule has 0 atom stereocenters. The summed E-state index contributed by atoms with van der Waals surface area (Å²) in [6.07, 6.45) is 1.54. The number of hydrogen-bond donors (Lipinski definition) is 2. The normalized spacial score (nSPS) is 10.5. The van der Waals surface area contributed by atoms with E-state index in [-0.39, 0.29) is 40.4 Å². The molecule has 10 nitrogen and oxygen atoms in total. The molecule has 2 heterocycles. The third kappa shape index (κ3) is 4.97. The number of nitrogens with zero attached hydrogens (tertiary/aromatic N) is 5. The van der Waals surface area contributed by atoms with Gasteiger partial charge in [0.25, 0.3) is 6.20 Å². The number of methoxy groups -OCH3 is 1. The van der Waals surface area contributed by atoms with E-state index in [4.69, 9.17) is 15.0 Å². The van der Waals surface area contributed by atoms with Crippen LogP contribution in [0.15, 0.2) is 15.7 Å². The van der Waals surface area contributed by atoms with E-state index >= 15 is 0 Å². The number of nitrogens with two attached hydrogens (primary N) is 1. The Morgan fingerprint density at radius 2 is 2.14 bits per heavy atom. The maximum absolute atomic E-state index is 12.2.